The van der Waals surface area contributed by atoms with E-state index in [9.17, 15) is 9.59 Å². The smallest absolute Gasteiger partial charge is 0.275 e. The van der Waals surface area contributed by atoms with Gasteiger partial charge in [0, 0.05) is 31.3 Å². The SMILES string of the molecule is C[C@@H]1Cc2c(C(=O)N3CCN(c4cccnc4)C(=O)C3)n[nH]c2[C@H](C)O1. The Morgan fingerprint density at radius 2 is 2.19 bits per heavy atom. The highest BCUT2D eigenvalue weighted by atomic mass is 16.5. The third kappa shape index (κ3) is 2.86. The summed E-state index contributed by atoms with van der Waals surface area (Å²) < 4.78 is 5.77. The zero-order chi connectivity index (χ0) is 18.3. The van der Waals surface area contributed by atoms with Crippen molar-refractivity contribution >= 4 is 17.5 Å². The number of pyridine rings is 1. The molecular formula is C18H21N5O3. The maximum absolute atomic E-state index is 13.0. The third-order valence-corrected chi connectivity index (χ3v) is 4.90. The molecule has 2 aliphatic rings. The van der Waals surface area contributed by atoms with Crippen LogP contribution < -0.4 is 4.90 Å². The topological polar surface area (TPSA) is 91.4 Å². The first kappa shape index (κ1) is 16.7. The van der Waals surface area contributed by atoms with Crippen molar-refractivity contribution in [2.24, 2.45) is 0 Å². The van der Waals surface area contributed by atoms with Gasteiger partial charge in [0.25, 0.3) is 5.91 Å². The zero-order valence-electron chi connectivity index (χ0n) is 14.8. The van der Waals surface area contributed by atoms with Gasteiger partial charge in [-0.15, -0.1) is 0 Å². The molecule has 4 rings (SSSR count). The maximum atomic E-state index is 13.0. The summed E-state index contributed by atoms with van der Waals surface area (Å²) >= 11 is 0. The number of hydrogen-bond donors (Lipinski definition) is 1. The molecule has 2 aromatic rings. The summed E-state index contributed by atoms with van der Waals surface area (Å²) in [7, 11) is 0. The monoisotopic (exact) mass is 355 g/mol. The van der Waals surface area contributed by atoms with Gasteiger partial charge < -0.3 is 14.5 Å². The first-order valence-electron chi connectivity index (χ1n) is 8.77. The van der Waals surface area contributed by atoms with Crippen LogP contribution in [0.3, 0.4) is 0 Å². The molecule has 2 aliphatic heterocycles. The molecule has 8 nitrogen and oxygen atoms in total. The van der Waals surface area contributed by atoms with Gasteiger partial charge in [-0.2, -0.15) is 5.10 Å². The van der Waals surface area contributed by atoms with Crippen LogP contribution in [0.25, 0.3) is 0 Å². The Labute approximate surface area is 151 Å². The van der Waals surface area contributed by atoms with E-state index in [1.54, 1.807) is 28.3 Å². The van der Waals surface area contributed by atoms with Gasteiger partial charge in [0.1, 0.15) is 6.54 Å². The van der Waals surface area contributed by atoms with Gasteiger partial charge in [0.2, 0.25) is 5.91 Å². The number of H-pyrrole nitrogens is 1. The van der Waals surface area contributed by atoms with Gasteiger partial charge >= 0.3 is 0 Å². The van der Waals surface area contributed by atoms with Crippen molar-refractivity contribution in [3.8, 4) is 0 Å². The van der Waals surface area contributed by atoms with E-state index in [-0.39, 0.29) is 30.6 Å². The number of amides is 2. The molecule has 2 amide bonds. The van der Waals surface area contributed by atoms with Crippen molar-refractivity contribution in [3.05, 3.63) is 41.5 Å². The highest BCUT2D eigenvalue weighted by Crippen LogP contribution is 2.30. The Morgan fingerprint density at radius 1 is 1.35 bits per heavy atom. The van der Waals surface area contributed by atoms with Gasteiger partial charge in [0.05, 0.1) is 29.8 Å². The summed E-state index contributed by atoms with van der Waals surface area (Å²) in [6, 6.07) is 3.63. The molecule has 8 heteroatoms. The van der Waals surface area contributed by atoms with Gasteiger partial charge in [-0.3, -0.25) is 19.7 Å². The molecule has 0 radical (unpaired) electrons. The molecule has 0 unspecified atom stereocenters. The largest absolute Gasteiger partial charge is 0.369 e. The fourth-order valence-corrected chi connectivity index (χ4v) is 3.63. The molecule has 0 saturated carbocycles. The van der Waals surface area contributed by atoms with Crippen LogP contribution in [0.1, 0.15) is 41.7 Å². The standard InChI is InChI=1S/C18H21N5O3/c1-11-8-14-16(12(2)26-11)20-21-17(14)18(25)22-6-7-23(15(24)10-22)13-4-3-5-19-9-13/h3-5,9,11-12H,6-8,10H2,1-2H3,(H,20,21)/t11-,12+/m1/s1. The average Bonchev–Trinajstić information content (AvgIpc) is 3.06. The lowest BCUT2D eigenvalue weighted by molar-refractivity contribution is -0.120. The third-order valence-electron chi connectivity index (χ3n) is 4.90. The molecule has 0 bridgehead atoms. The van der Waals surface area contributed by atoms with Crippen molar-refractivity contribution in [3.63, 3.8) is 0 Å². The minimum Gasteiger partial charge on any atom is -0.369 e. The van der Waals surface area contributed by atoms with Crippen molar-refractivity contribution in [2.75, 3.05) is 24.5 Å². The van der Waals surface area contributed by atoms with Crippen LogP contribution in [0.2, 0.25) is 0 Å². The Balaban J connectivity index is 1.52. The predicted molar refractivity (Wildman–Crippen MR) is 93.7 cm³/mol. The summed E-state index contributed by atoms with van der Waals surface area (Å²) in [6.45, 7) is 4.87. The molecule has 2 aromatic heterocycles. The number of hydrogen-bond acceptors (Lipinski definition) is 5. The Kier molecular flexibility index (Phi) is 4.20. The molecular weight excluding hydrogens is 334 g/mol. The summed E-state index contributed by atoms with van der Waals surface area (Å²) in [5, 5.41) is 7.17. The van der Waals surface area contributed by atoms with E-state index in [0.29, 0.717) is 25.2 Å². The number of rotatable bonds is 2. The number of anilines is 1. The molecule has 1 fully saturated rings. The minimum absolute atomic E-state index is 0.0331. The Bertz CT molecular complexity index is 835. The van der Waals surface area contributed by atoms with E-state index >= 15 is 0 Å². The van der Waals surface area contributed by atoms with Gasteiger partial charge in [0.15, 0.2) is 5.69 Å². The fraction of sp³-hybridized carbons (Fsp3) is 0.444. The molecule has 0 aromatic carbocycles. The molecule has 2 atom stereocenters. The highest BCUT2D eigenvalue weighted by Gasteiger charge is 2.34. The van der Waals surface area contributed by atoms with Crippen LogP contribution in [0.15, 0.2) is 24.5 Å². The second-order valence-electron chi connectivity index (χ2n) is 6.74. The predicted octanol–water partition coefficient (Wildman–Crippen LogP) is 1.32. The van der Waals surface area contributed by atoms with E-state index in [1.165, 1.54) is 0 Å². The van der Waals surface area contributed by atoms with Crippen molar-refractivity contribution in [2.45, 2.75) is 32.5 Å². The molecule has 4 heterocycles. The number of aromatic nitrogens is 3. The summed E-state index contributed by atoms with van der Waals surface area (Å²) in [4.78, 5) is 32.8. The molecule has 136 valence electrons. The number of nitrogens with one attached hydrogen (secondary N) is 1. The van der Waals surface area contributed by atoms with Crippen molar-refractivity contribution in [1.82, 2.24) is 20.1 Å². The number of nitrogens with zero attached hydrogens (tertiary/aromatic N) is 4. The molecule has 0 spiro atoms. The minimum atomic E-state index is -0.206. The van der Waals surface area contributed by atoms with Crippen LogP contribution in [-0.2, 0) is 16.0 Å². The van der Waals surface area contributed by atoms with E-state index in [0.717, 1.165) is 16.9 Å². The number of fused-ring (bicyclic) bond motifs is 1. The van der Waals surface area contributed by atoms with Crippen LogP contribution in [0.5, 0.6) is 0 Å². The van der Waals surface area contributed by atoms with E-state index in [4.69, 9.17) is 4.74 Å². The van der Waals surface area contributed by atoms with Crippen LogP contribution >= 0.6 is 0 Å². The molecule has 1 N–H and O–H groups in total. The van der Waals surface area contributed by atoms with Gasteiger partial charge in [-0.05, 0) is 26.0 Å². The van der Waals surface area contributed by atoms with Crippen LogP contribution in [0.4, 0.5) is 5.69 Å². The van der Waals surface area contributed by atoms with Crippen LogP contribution in [0, 0.1) is 0 Å². The van der Waals surface area contributed by atoms with Crippen molar-refractivity contribution < 1.29 is 14.3 Å². The van der Waals surface area contributed by atoms with E-state index in [1.807, 2.05) is 19.9 Å². The number of piperazine rings is 1. The second kappa shape index (κ2) is 6.53. The van der Waals surface area contributed by atoms with E-state index < -0.39 is 0 Å². The highest BCUT2D eigenvalue weighted by molar-refractivity contribution is 6.01. The zero-order valence-corrected chi connectivity index (χ0v) is 14.8. The van der Waals surface area contributed by atoms with Gasteiger partial charge in [-0.25, -0.2) is 0 Å². The normalized spacial score (nSPS) is 23.1. The van der Waals surface area contributed by atoms with Crippen molar-refractivity contribution in [1.29, 1.82) is 0 Å². The average molecular weight is 355 g/mol. The van der Waals surface area contributed by atoms with Crippen LogP contribution in [-0.4, -0.2) is 57.6 Å². The summed E-state index contributed by atoms with van der Waals surface area (Å²) in [5.74, 6) is -0.324. The fourth-order valence-electron chi connectivity index (χ4n) is 3.63. The first-order chi connectivity index (χ1) is 12.5. The van der Waals surface area contributed by atoms with E-state index in [2.05, 4.69) is 15.2 Å². The number of carbonyl (C=O) groups excluding carboxylic acids is 2. The maximum Gasteiger partial charge on any atom is 0.275 e. The molecule has 1 saturated heterocycles. The molecule has 26 heavy (non-hydrogen) atoms. The Morgan fingerprint density at radius 3 is 2.92 bits per heavy atom. The lowest BCUT2D eigenvalue weighted by Gasteiger charge is -2.34. The lowest BCUT2D eigenvalue weighted by atomic mass is 9.99. The summed E-state index contributed by atoms with van der Waals surface area (Å²) in [6.07, 6.45) is 3.88. The number of aromatic amines is 1. The quantitative estimate of drug-likeness (QED) is 0.877. The Hall–Kier alpha value is -2.74. The second-order valence-corrected chi connectivity index (χ2v) is 6.74. The summed E-state index contributed by atoms with van der Waals surface area (Å²) in [5.41, 5.74) is 2.92. The lowest BCUT2D eigenvalue weighted by Crippen LogP contribution is -2.52. The first-order valence-corrected chi connectivity index (χ1v) is 8.77. The molecule has 0 aliphatic carbocycles. The number of ether oxygens (including phenoxy) is 1. The van der Waals surface area contributed by atoms with Gasteiger partial charge in [-0.1, -0.05) is 0 Å². The number of carbonyl (C=O) groups is 2.